The van der Waals surface area contributed by atoms with Gasteiger partial charge in [0.25, 0.3) is 0 Å². The highest BCUT2D eigenvalue weighted by Gasteiger charge is 2.15. The molecule has 0 heterocycles. The Morgan fingerprint density at radius 2 is 0.267 bits per heavy atom. The summed E-state index contributed by atoms with van der Waals surface area (Å²) in [5.41, 5.74) is 0. The van der Waals surface area contributed by atoms with Gasteiger partial charge in [-0.15, -0.1) is 0 Å². The summed E-state index contributed by atoms with van der Waals surface area (Å²) in [7, 11) is 0. The summed E-state index contributed by atoms with van der Waals surface area (Å²) < 4.78 is 106. The number of aliphatic hydroxyl groups is 26. The van der Waals surface area contributed by atoms with E-state index in [1.165, 1.54) is 0 Å². The van der Waals surface area contributed by atoms with Gasteiger partial charge in [0, 0.05) is 26.4 Å². The van der Waals surface area contributed by atoms with E-state index < -0.39 is 36.6 Å². The summed E-state index contributed by atoms with van der Waals surface area (Å²) in [4.78, 5) is 0. The zero-order chi connectivity index (χ0) is 91.6. The highest BCUT2D eigenvalue weighted by molar-refractivity contribution is 4.61. The predicted molar refractivity (Wildman–Crippen MR) is 426 cm³/mol. The minimum absolute atomic E-state index is 0.00963. The lowest BCUT2D eigenvalue weighted by molar-refractivity contribution is -0.0639. The number of ether oxygens (including phenoxy) is 21. The molecule has 47 nitrogen and oxygen atoms in total. The molecule has 0 spiro atoms. The Morgan fingerprint density at radius 1 is 0.133 bits per heavy atom. The SMILES string of the molecule is CCCOCC(CCO)OCCO.OCCOCC(CCO)OCCO.OCCOCC(CCO)OCCO.OCCOCC(CO)OCCO.OCCOCC(CO)OCCO.OCCOCC(CO)OCCO.OCCOCCOC(CO)COCCO.OCCOCCOC(CO)COCCO.OCCOCCOC(CO)COCCO. The van der Waals surface area contributed by atoms with Crippen molar-refractivity contribution in [3.8, 4) is 0 Å². The van der Waals surface area contributed by atoms with Gasteiger partial charge in [-0.25, -0.2) is 0 Å². The van der Waals surface area contributed by atoms with Gasteiger partial charge >= 0.3 is 0 Å². The lowest BCUT2D eigenvalue weighted by Crippen LogP contribution is -2.26. The van der Waals surface area contributed by atoms with Crippen LogP contribution >= 0.6 is 0 Å². The van der Waals surface area contributed by atoms with E-state index in [0.29, 0.717) is 91.9 Å². The zero-order valence-electron chi connectivity index (χ0n) is 70.9. The van der Waals surface area contributed by atoms with E-state index in [4.69, 9.17) is 232 Å². The fraction of sp³-hybridized carbons (Fsp3) is 1.00. The average molecular weight is 1790 g/mol. The molecule has 26 N–H and O–H groups in total. The minimum Gasteiger partial charge on any atom is -0.396 e. The highest BCUT2D eigenvalue weighted by atomic mass is 16.6. The van der Waals surface area contributed by atoms with Gasteiger partial charge in [-0.2, -0.15) is 0 Å². The van der Waals surface area contributed by atoms with E-state index >= 15 is 0 Å². The van der Waals surface area contributed by atoms with Crippen molar-refractivity contribution in [2.24, 2.45) is 0 Å². The first-order valence-corrected chi connectivity index (χ1v) is 39.9. The predicted octanol–water partition coefficient (Wildman–Crippen LogP) is -12.1. The van der Waals surface area contributed by atoms with Crippen LogP contribution < -0.4 is 0 Å². The fourth-order valence-corrected chi connectivity index (χ4v) is 7.23. The Bertz CT molecular complexity index is 1450. The van der Waals surface area contributed by atoms with Crippen molar-refractivity contribution in [2.75, 3.05) is 390 Å². The third-order valence-electron chi connectivity index (χ3n) is 12.7. The summed E-state index contributed by atoms with van der Waals surface area (Å²) in [5, 5.41) is 222. The maximum absolute atomic E-state index is 8.88. The van der Waals surface area contributed by atoms with Gasteiger partial charge in [-0.05, 0) is 25.7 Å². The highest BCUT2D eigenvalue weighted by Crippen LogP contribution is 2.03. The van der Waals surface area contributed by atoms with Crippen LogP contribution in [-0.2, 0) is 99.5 Å². The number of rotatable bonds is 84. The van der Waals surface area contributed by atoms with E-state index in [1.807, 2.05) is 6.92 Å². The lowest BCUT2D eigenvalue weighted by atomic mass is 10.3. The molecule has 0 radical (unpaired) electrons. The Morgan fingerprint density at radius 3 is 0.408 bits per heavy atom. The molecule has 0 amide bonds. The first kappa shape index (κ1) is 136. The molecule has 47 heteroatoms. The number of aliphatic hydroxyl groups excluding tert-OH is 26. The normalized spacial score (nSPS) is 13.1. The largest absolute Gasteiger partial charge is 0.396 e. The summed E-state index contributed by atoms with van der Waals surface area (Å²) in [6, 6.07) is 0. The van der Waals surface area contributed by atoms with E-state index in [0.717, 1.165) is 6.42 Å². The third-order valence-corrected chi connectivity index (χ3v) is 12.7. The van der Waals surface area contributed by atoms with E-state index in [1.54, 1.807) is 0 Å². The van der Waals surface area contributed by atoms with Crippen molar-refractivity contribution < 1.29 is 232 Å². The maximum atomic E-state index is 8.88. The van der Waals surface area contributed by atoms with Crippen molar-refractivity contribution in [3.63, 3.8) is 0 Å². The minimum atomic E-state index is -0.413. The second kappa shape index (κ2) is 133. The van der Waals surface area contributed by atoms with E-state index in [2.05, 4.69) is 0 Å². The Kier molecular flexibility index (Phi) is 150. The molecule has 0 saturated heterocycles. The first-order chi connectivity index (χ1) is 58.6. The lowest BCUT2D eigenvalue weighted by Gasteiger charge is -2.16. The molecular weight excluding hydrogens is 1630 g/mol. The summed E-state index contributed by atoms with van der Waals surface area (Å²) >= 11 is 0. The van der Waals surface area contributed by atoms with Crippen LogP contribution in [0.1, 0.15) is 32.6 Å². The second-order valence-corrected chi connectivity index (χ2v) is 22.9. The molecule has 0 aliphatic rings. The van der Waals surface area contributed by atoms with Crippen molar-refractivity contribution in [3.05, 3.63) is 0 Å². The van der Waals surface area contributed by atoms with Crippen LogP contribution in [0.15, 0.2) is 0 Å². The first-order valence-electron chi connectivity index (χ1n) is 39.9. The van der Waals surface area contributed by atoms with Crippen LogP contribution in [0.4, 0.5) is 0 Å². The van der Waals surface area contributed by atoms with Gasteiger partial charge in [-0.1, -0.05) is 6.92 Å². The quantitative estimate of drug-likeness (QED) is 0.0251. The maximum Gasteiger partial charge on any atom is 0.104 e. The van der Waals surface area contributed by atoms with E-state index in [-0.39, 0.29) is 335 Å². The van der Waals surface area contributed by atoms with Crippen molar-refractivity contribution >= 4 is 0 Å². The van der Waals surface area contributed by atoms with Gasteiger partial charge < -0.3 is 232 Å². The Hall–Kier alpha value is -1.88. The van der Waals surface area contributed by atoms with E-state index in [9.17, 15) is 0 Å². The monoisotopic (exact) mass is 1790 g/mol. The van der Waals surface area contributed by atoms with Crippen molar-refractivity contribution in [2.45, 2.75) is 87.5 Å². The smallest absolute Gasteiger partial charge is 0.104 e. The summed E-state index contributed by atoms with van der Waals surface area (Å²) in [6.07, 6.45) is -0.433. The number of hydrogen-bond donors (Lipinski definition) is 26. The van der Waals surface area contributed by atoms with Crippen LogP contribution in [0.2, 0.25) is 0 Å². The Labute approximate surface area is 707 Å². The fourth-order valence-electron chi connectivity index (χ4n) is 7.23. The van der Waals surface area contributed by atoms with Crippen molar-refractivity contribution in [1.29, 1.82) is 0 Å². The van der Waals surface area contributed by atoms with Crippen molar-refractivity contribution in [1.82, 2.24) is 0 Å². The molecule has 0 aliphatic carbocycles. The molecule has 0 saturated carbocycles. The Balaban J connectivity index is -0.000000165. The van der Waals surface area contributed by atoms with Crippen LogP contribution in [0.3, 0.4) is 0 Å². The van der Waals surface area contributed by atoms with Crippen LogP contribution in [0, 0.1) is 0 Å². The molecule has 0 bridgehead atoms. The van der Waals surface area contributed by atoms with Crippen LogP contribution in [0.5, 0.6) is 0 Å². The van der Waals surface area contributed by atoms with Gasteiger partial charge in [-0.3, -0.25) is 0 Å². The molecule has 0 aromatic carbocycles. The molecule has 0 aliphatic heterocycles. The molecule has 738 valence electrons. The standard InChI is InChI=1S/3C9H20O6.C9H20O4.2C8H18O5.3C7H16O5/c3*10-1-3-13-5-6-15-9(7-12)8-14-4-2-11;1-2-6-12-8-9(3-4-10)13-7-5-11;2*9-2-1-8(13-6-4-11)7-12-5-3-10;3*8-1-3-11-6-7(5-10)12-4-2-9/h3*9-12H,1-8H2;9-11H,2-8H2,1H3;2*8-11H,1-7H2;3*7-10H,1-6H2. The van der Waals surface area contributed by atoms with Gasteiger partial charge in [0.1, 0.15) is 36.6 Å². The molecule has 9 unspecified atom stereocenters. The second-order valence-electron chi connectivity index (χ2n) is 22.9. The summed E-state index contributed by atoms with van der Waals surface area (Å²) in [5.74, 6) is 0. The summed E-state index contributed by atoms with van der Waals surface area (Å²) in [6.45, 7) is 10.3. The van der Waals surface area contributed by atoms with Gasteiger partial charge in [0.2, 0.25) is 0 Å². The van der Waals surface area contributed by atoms with Crippen LogP contribution in [-0.4, -0.2) is 578 Å². The third kappa shape index (κ3) is 129. The number of hydrogen-bond acceptors (Lipinski definition) is 47. The molecule has 0 fully saturated rings. The molecule has 0 aromatic rings. The van der Waals surface area contributed by atoms with Crippen LogP contribution in [0.25, 0.3) is 0 Å². The zero-order valence-corrected chi connectivity index (χ0v) is 70.9. The molecule has 0 aromatic heterocycles. The average Bonchev–Trinajstić information content (AvgIpc) is 1.01. The molecule has 120 heavy (non-hydrogen) atoms. The topological polar surface area (TPSA) is 720 Å². The van der Waals surface area contributed by atoms with Gasteiger partial charge in [0.05, 0.1) is 382 Å². The van der Waals surface area contributed by atoms with Gasteiger partial charge in [0.15, 0.2) is 0 Å². The molecule has 9 atom stereocenters. The molecule has 0 rings (SSSR count). The molecular formula is C73H164O47.